The van der Waals surface area contributed by atoms with Gasteiger partial charge in [0.15, 0.2) is 0 Å². The predicted octanol–water partition coefficient (Wildman–Crippen LogP) is 3.67. The highest BCUT2D eigenvalue weighted by molar-refractivity contribution is 5.87. The molecule has 0 bridgehead atoms. The predicted molar refractivity (Wildman–Crippen MR) is 86.3 cm³/mol. The highest BCUT2D eigenvalue weighted by atomic mass is 16.6. The highest BCUT2D eigenvalue weighted by Gasteiger charge is 2.47. The molecular formula is C18H23NO2. The normalized spacial score (nSPS) is 21.3. The van der Waals surface area contributed by atoms with Gasteiger partial charge >= 0.3 is 0 Å². The molecule has 0 spiro atoms. The molecule has 1 unspecified atom stereocenters. The van der Waals surface area contributed by atoms with Crippen molar-refractivity contribution in [2.75, 3.05) is 0 Å². The van der Waals surface area contributed by atoms with Crippen molar-refractivity contribution in [2.45, 2.75) is 51.4 Å². The third kappa shape index (κ3) is 3.04. The van der Waals surface area contributed by atoms with E-state index in [2.05, 4.69) is 37.0 Å². The standard InChI is InChI=1S/C18H23NO2/c1-17(2,20)10-9-15-13(11-16-18(3,4)21-16)12-7-5-6-8-14(12)19-15/h5-10,16,19-20H,11H2,1-4H3. The summed E-state index contributed by atoms with van der Waals surface area (Å²) in [7, 11) is 0. The molecule has 0 radical (unpaired) electrons. The van der Waals surface area contributed by atoms with Gasteiger partial charge in [-0.1, -0.05) is 24.3 Å². The number of epoxide rings is 1. The van der Waals surface area contributed by atoms with Crippen molar-refractivity contribution in [1.82, 2.24) is 4.98 Å². The van der Waals surface area contributed by atoms with E-state index in [-0.39, 0.29) is 11.7 Å². The molecule has 2 N–H and O–H groups in total. The van der Waals surface area contributed by atoms with Crippen molar-refractivity contribution in [2.24, 2.45) is 0 Å². The van der Waals surface area contributed by atoms with Crippen molar-refractivity contribution in [3.05, 3.63) is 41.6 Å². The Morgan fingerprint density at radius 1 is 1.33 bits per heavy atom. The average molecular weight is 285 g/mol. The Kier molecular flexibility index (Phi) is 3.23. The Balaban J connectivity index is 2.00. The quantitative estimate of drug-likeness (QED) is 0.842. The van der Waals surface area contributed by atoms with Gasteiger partial charge in [0.25, 0.3) is 0 Å². The Morgan fingerprint density at radius 3 is 2.62 bits per heavy atom. The molecule has 0 amide bonds. The van der Waals surface area contributed by atoms with E-state index < -0.39 is 5.60 Å². The van der Waals surface area contributed by atoms with E-state index in [1.807, 2.05) is 18.2 Å². The van der Waals surface area contributed by atoms with Gasteiger partial charge in [-0.2, -0.15) is 0 Å². The van der Waals surface area contributed by atoms with Crippen LogP contribution in [0.4, 0.5) is 0 Å². The van der Waals surface area contributed by atoms with E-state index in [0.29, 0.717) is 0 Å². The van der Waals surface area contributed by atoms with Gasteiger partial charge in [-0.15, -0.1) is 0 Å². The molecule has 1 saturated heterocycles. The van der Waals surface area contributed by atoms with E-state index in [4.69, 9.17) is 4.74 Å². The van der Waals surface area contributed by atoms with Crippen LogP contribution in [-0.2, 0) is 11.2 Å². The zero-order valence-corrected chi connectivity index (χ0v) is 13.1. The lowest BCUT2D eigenvalue weighted by molar-refractivity contribution is 0.134. The Labute approximate surface area is 125 Å². The second-order valence-corrected chi connectivity index (χ2v) is 6.96. The molecule has 1 fully saturated rings. The Bertz CT molecular complexity index is 689. The smallest absolute Gasteiger partial charge is 0.0909 e. The fraction of sp³-hybridized carbons (Fsp3) is 0.444. The number of rotatable bonds is 4. The van der Waals surface area contributed by atoms with E-state index in [1.165, 1.54) is 10.9 Å². The van der Waals surface area contributed by atoms with Crippen molar-refractivity contribution >= 4 is 17.0 Å². The fourth-order valence-corrected chi connectivity index (χ4v) is 2.68. The molecule has 1 aliphatic rings. The van der Waals surface area contributed by atoms with Gasteiger partial charge in [-0.3, -0.25) is 0 Å². The van der Waals surface area contributed by atoms with Crippen LogP contribution < -0.4 is 0 Å². The lowest BCUT2D eigenvalue weighted by atomic mass is 9.99. The van der Waals surface area contributed by atoms with Crippen LogP contribution in [0.5, 0.6) is 0 Å². The summed E-state index contributed by atoms with van der Waals surface area (Å²) >= 11 is 0. The molecule has 1 aliphatic heterocycles. The topological polar surface area (TPSA) is 48.5 Å². The number of H-pyrrole nitrogens is 1. The number of nitrogens with one attached hydrogen (secondary N) is 1. The third-order valence-corrected chi connectivity index (χ3v) is 4.06. The molecule has 1 atom stereocenters. The number of fused-ring (bicyclic) bond motifs is 1. The number of aromatic nitrogens is 1. The summed E-state index contributed by atoms with van der Waals surface area (Å²) in [5, 5.41) is 11.1. The first-order valence-corrected chi connectivity index (χ1v) is 7.45. The molecule has 112 valence electrons. The SMILES string of the molecule is CC(C)(O)C=Cc1[nH]c2ccccc2c1CC1OC1(C)C. The number of aromatic amines is 1. The van der Waals surface area contributed by atoms with Gasteiger partial charge in [0.2, 0.25) is 0 Å². The van der Waals surface area contributed by atoms with Crippen LogP contribution in [-0.4, -0.2) is 27.4 Å². The summed E-state index contributed by atoms with van der Waals surface area (Å²) in [6, 6.07) is 8.31. The molecule has 3 heteroatoms. The van der Waals surface area contributed by atoms with Gasteiger partial charge < -0.3 is 14.8 Å². The number of aliphatic hydroxyl groups is 1. The average Bonchev–Trinajstić information content (AvgIpc) is 2.83. The minimum Gasteiger partial charge on any atom is -0.386 e. The van der Waals surface area contributed by atoms with E-state index in [0.717, 1.165) is 17.6 Å². The molecule has 0 saturated carbocycles. The number of benzene rings is 1. The van der Waals surface area contributed by atoms with Crippen LogP contribution >= 0.6 is 0 Å². The molecule has 1 aromatic heterocycles. The summed E-state index contributed by atoms with van der Waals surface area (Å²) in [5.41, 5.74) is 2.62. The summed E-state index contributed by atoms with van der Waals surface area (Å²) in [6.07, 6.45) is 4.96. The zero-order valence-electron chi connectivity index (χ0n) is 13.1. The van der Waals surface area contributed by atoms with E-state index in [9.17, 15) is 5.11 Å². The lowest BCUT2D eigenvalue weighted by Crippen LogP contribution is -2.13. The van der Waals surface area contributed by atoms with Crippen LogP contribution in [0.25, 0.3) is 17.0 Å². The first-order valence-electron chi connectivity index (χ1n) is 7.45. The summed E-state index contributed by atoms with van der Waals surface area (Å²) in [4.78, 5) is 3.44. The van der Waals surface area contributed by atoms with Gasteiger partial charge in [-0.25, -0.2) is 0 Å². The highest BCUT2D eigenvalue weighted by Crippen LogP contribution is 2.39. The molecule has 1 aromatic carbocycles. The minimum absolute atomic E-state index is 0.0182. The molecule has 2 aromatic rings. The third-order valence-electron chi connectivity index (χ3n) is 4.06. The van der Waals surface area contributed by atoms with Gasteiger partial charge in [0.05, 0.1) is 17.3 Å². The first kappa shape index (κ1) is 14.4. The largest absolute Gasteiger partial charge is 0.386 e. The maximum atomic E-state index is 9.90. The molecule has 3 rings (SSSR count). The second-order valence-electron chi connectivity index (χ2n) is 6.96. The van der Waals surface area contributed by atoms with E-state index in [1.54, 1.807) is 13.8 Å². The summed E-state index contributed by atoms with van der Waals surface area (Å²) in [6.45, 7) is 7.80. The minimum atomic E-state index is -0.816. The molecule has 3 nitrogen and oxygen atoms in total. The number of para-hydroxylation sites is 1. The van der Waals surface area contributed by atoms with Gasteiger partial charge in [0.1, 0.15) is 0 Å². The van der Waals surface area contributed by atoms with Crippen molar-refractivity contribution in [3.63, 3.8) is 0 Å². The van der Waals surface area contributed by atoms with Crippen LogP contribution in [0.2, 0.25) is 0 Å². The Morgan fingerprint density at radius 2 is 2.00 bits per heavy atom. The maximum absolute atomic E-state index is 9.90. The maximum Gasteiger partial charge on any atom is 0.0909 e. The number of hydrogen-bond acceptors (Lipinski definition) is 2. The second kappa shape index (κ2) is 4.72. The van der Waals surface area contributed by atoms with Gasteiger partial charge in [0, 0.05) is 23.0 Å². The van der Waals surface area contributed by atoms with Gasteiger partial charge in [-0.05, 0) is 45.4 Å². The van der Waals surface area contributed by atoms with E-state index >= 15 is 0 Å². The summed E-state index contributed by atoms with van der Waals surface area (Å²) < 4.78 is 5.74. The molecule has 0 aliphatic carbocycles. The first-order chi connectivity index (χ1) is 9.76. The van der Waals surface area contributed by atoms with Crippen molar-refractivity contribution < 1.29 is 9.84 Å². The van der Waals surface area contributed by atoms with Crippen LogP contribution in [0.1, 0.15) is 39.0 Å². The fourth-order valence-electron chi connectivity index (χ4n) is 2.68. The monoisotopic (exact) mass is 285 g/mol. The van der Waals surface area contributed by atoms with Crippen molar-refractivity contribution in [3.8, 4) is 0 Å². The van der Waals surface area contributed by atoms with Crippen molar-refractivity contribution in [1.29, 1.82) is 0 Å². The molecule has 2 heterocycles. The lowest BCUT2D eigenvalue weighted by Gasteiger charge is -2.10. The molecular weight excluding hydrogens is 262 g/mol. The van der Waals surface area contributed by atoms with Crippen LogP contribution in [0, 0.1) is 0 Å². The zero-order chi connectivity index (χ0) is 15.3. The molecule has 21 heavy (non-hydrogen) atoms. The Hall–Kier alpha value is -1.58. The number of ether oxygens (including phenoxy) is 1. The van der Waals surface area contributed by atoms with Crippen LogP contribution in [0.15, 0.2) is 30.3 Å². The number of hydrogen-bond donors (Lipinski definition) is 2. The summed E-state index contributed by atoms with van der Waals surface area (Å²) in [5.74, 6) is 0. The van der Waals surface area contributed by atoms with Crippen LogP contribution in [0.3, 0.4) is 0 Å².